The molecule has 1 heterocycles. The molecule has 0 saturated carbocycles. The third-order valence-corrected chi connectivity index (χ3v) is 4.00. The van der Waals surface area contributed by atoms with E-state index in [1.54, 1.807) is 54.6 Å². The molecule has 1 amide bonds. The summed E-state index contributed by atoms with van der Waals surface area (Å²) in [7, 11) is 1.50. The van der Waals surface area contributed by atoms with Crippen molar-refractivity contribution in [1.29, 1.82) is 0 Å². The summed E-state index contributed by atoms with van der Waals surface area (Å²) in [6, 6.07) is 16.5. The van der Waals surface area contributed by atoms with Crippen molar-refractivity contribution < 1.29 is 23.5 Å². The monoisotopic (exact) mass is 385 g/mol. The number of carbonyl (C=O) groups is 2. The van der Waals surface area contributed by atoms with Crippen molar-refractivity contribution in [3.8, 4) is 5.75 Å². The topological polar surface area (TPSA) is 77.8 Å². The van der Waals surface area contributed by atoms with Gasteiger partial charge in [-0.2, -0.15) is 0 Å². The first-order chi connectivity index (χ1) is 13.1. The number of rotatable bonds is 6. The number of esters is 1. The van der Waals surface area contributed by atoms with Gasteiger partial charge in [-0.3, -0.25) is 4.79 Å². The fourth-order valence-corrected chi connectivity index (χ4v) is 2.67. The number of hydrogen-bond acceptors (Lipinski definition) is 5. The Bertz CT molecular complexity index is 925. The van der Waals surface area contributed by atoms with Crippen LogP contribution in [0.2, 0.25) is 5.02 Å². The largest absolute Gasteiger partial charge is 0.495 e. The van der Waals surface area contributed by atoms with E-state index in [1.165, 1.54) is 19.4 Å². The molecule has 0 radical (unpaired) electrons. The Morgan fingerprint density at radius 3 is 2.48 bits per heavy atom. The number of carbonyl (C=O) groups excluding carboxylic acids is 2. The normalized spacial score (nSPS) is 11.5. The molecule has 0 saturated heterocycles. The van der Waals surface area contributed by atoms with Gasteiger partial charge < -0.3 is 19.2 Å². The summed E-state index contributed by atoms with van der Waals surface area (Å²) in [6.07, 6.45) is 0.192. The Morgan fingerprint density at radius 1 is 1.07 bits per heavy atom. The zero-order valence-corrected chi connectivity index (χ0v) is 15.1. The van der Waals surface area contributed by atoms with E-state index >= 15 is 0 Å². The molecule has 138 valence electrons. The van der Waals surface area contributed by atoms with Crippen molar-refractivity contribution >= 4 is 29.2 Å². The summed E-state index contributed by atoms with van der Waals surface area (Å²) in [5.41, 5.74) is 0.968. The number of benzene rings is 2. The van der Waals surface area contributed by atoms with E-state index < -0.39 is 18.0 Å². The second kappa shape index (κ2) is 8.42. The number of anilines is 1. The lowest BCUT2D eigenvalue weighted by Crippen LogP contribution is -2.25. The first-order valence-corrected chi connectivity index (χ1v) is 8.40. The van der Waals surface area contributed by atoms with E-state index in [0.29, 0.717) is 22.0 Å². The predicted molar refractivity (Wildman–Crippen MR) is 99.9 cm³/mol. The molecule has 7 heteroatoms. The van der Waals surface area contributed by atoms with E-state index in [4.69, 9.17) is 25.5 Å². The predicted octanol–water partition coefficient (Wildman–Crippen LogP) is 4.48. The van der Waals surface area contributed by atoms with Crippen LogP contribution in [0.25, 0.3) is 0 Å². The summed E-state index contributed by atoms with van der Waals surface area (Å²) in [4.78, 5) is 25.0. The van der Waals surface area contributed by atoms with Crippen LogP contribution in [0.15, 0.2) is 71.3 Å². The highest BCUT2D eigenvalue weighted by molar-refractivity contribution is 6.32. The van der Waals surface area contributed by atoms with Crippen LogP contribution in [0.5, 0.6) is 5.75 Å². The van der Waals surface area contributed by atoms with Gasteiger partial charge in [-0.05, 0) is 30.3 Å². The van der Waals surface area contributed by atoms with E-state index in [1.807, 2.05) is 0 Å². The molecule has 1 atom stereocenters. The van der Waals surface area contributed by atoms with Gasteiger partial charge in [-0.25, -0.2) is 4.79 Å². The Hall–Kier alpha value is -3.25. The lowest BCUT2D eigenvalue weighted by molar-refractivity contribution is -0.125. The van der Waals surface area contributed by atoms with E-state index in [-0.39, 0.29) is 5.76 Å². The van der Waals surface area contributed by atoms with Crippen LogP contribution in [0, 0.1) is 0 Å². The number of furan rings is 1. The van der Waals surface area contributed by atoms with Gasteiger partial charge in [0, 0.05) is 11.3 Å². The third-order valence-electron chi connectivity index (χ3n) is 3.71. The van der Waals surface area contributed by atoms with E-state index in [0.717, 1.165) is 0 Å². The zero-order valence-electron chi connectivity index (χ0n) is 14.3. The van der Waals surface area contributed by atoms with Crippen LogP contribution in [0.1, 0.15) is 22.2 Å². The van der Waals surface area contributed by atoms with Crippen molar-refractivity contribution in [1.82, 2.24) is 0 Å². The van der Waals surface area contributed by atoms with Crippen molar-refractivity contribution in [2.75, 3.05) is 12.4 Å². The van der Waals surface area contributed by atoms with Gasteiger partial charge in [0.15, 0.2) is 0 Å². The first-order valence-electron chi connectivity index (χ1n) is 8.02. The van der Waals surface area contributed by atoms with Crippen LogP contribution in [0.3, 0.4) is 0 Å². The highest BCUT2D eigenvalue weighted by Gasteiger charge is 2.27. The lowest BCUT2D eigenvalue weighted by Gasteiger charge is -2.18. The van der Waals surface area contributed by atoms with Crippen molar-refractivity contribution in [2.45, 2.75) is 6.10 Å². The van der Waals surface area contributed by atoms with Crippen molar-refractivity contribution in [2.24, 2.45) is 0 Å². The second-order valence-corrected chi connectivity index (χ2v) is 5.92. The Kier molecular flexibility index (Phi) is 5.78. The summed E-state index contributed by atoms with van der Waals surface area (Å²) < 4.78 is 15.5. The minimum atomic E-state index is -1.16. The van der Waals surface area contributed by atoms with Crippen LogP contribution in [0.4, 0.5) is 5.69 Å². The molecule has 0 aliphatic heterocycles. The summed E-state index contributed by atoms with van der Waals surface area (Å²) in [5.74, 6) is -0.770. The molecule has 0 unspecified atom stereocenters. The molecule has 1 aromatic heterocycles. The Balaban J connectivity index is 1.82. The number of nitrogens with one attached hydrogen (secondary N) is 1. The van der Waals surface area contributed by atoms with Gasteiger partial charge in [0.05, 0.1) is 18.4 Å². The molecule has 3 aromatic rings. The number of methoxy groups -OCH3 is 1. The van der Waals surface area contributed by atoms with Crippen molar-refractivity contribution in [3.05, 3.63) is 83.3 Å². The van der Waals surface area contributed by atoms with Gasteiger partial charge in [-0.1, -0.05) is 41.9 Å². The van der Waals surface area contributed by atoms with Crippen LogP contribution in [-0.2, 0) is 9.53 Å². The maximum Gasteiger partial charge on any atom is 0.375 e. The van der Waals surface area contributed by atoms with Gasteiger partial charge in [0.1, 0.15) is 5.75 Å². The van der Waals surface area contributed by atoms with Gasteiger partial charge in [0.2, 0.25) is 11.9 Å². The first kappa shape index (κ1) is 18.5. The lowest BCUT2D eigenvalue weighted by atomic mass is 10.1. The molecule has 1 N–H and O–H groups in total. The second-order valence-electron chi connectivity index (χ2n) is 5.51. The standard InChI is InChI=1S/C20H16ClNO5/c1-25-16-10-9-14(12-15(16)21)22-19(23)18(13-6-3-2-4-7-13)27-20(24)17-8-5-11-26-17/h2-12,18H,1H3,(H,22,23)/t18-/m0/s1. The zero-order chi connectivity index (χ0) is 19.2. The maximum absolute atomic E-state index is 12.8. The number of amides is 1. The van der Waals surface area contributed by atoms with Crippen LogP contribution < -0.4 is 10.1 Å². The molecular formula is C20H16ClNO5. The maximum atomic E-state index is 12.8. The number of halogens is 1. The van der Waals surface area contributed by atoms with E-state index in [2.05, 4.69) is 5.32 Å². The summed E-state index contributed by atoms with van der Waals surface area (Å²) in [6.45, 7) is 0. The number of ether oxygens (including phenoxy) is 2. The molecule has 0 aliphatic carbocycles. The molecule has 2 aromatic carbocycles. The van der Waals surface area contributed by atoms with Gasteiger partial charge in [-0.15, -0.1) is 0 Å². The highest BCUT2D eigenvalue weighted by Crippen LogP contribution is 2.28. The smallest absolute Gasteiger partial charge is 0.375 e. The average molecular weight is 386 g/mol. The molecule has 0 fully saturated rings. The molecule has 0 aliphatic rings. The summed E-state index contributed by atoms with van der Waals surface area (Å²) in [5, 5.41) is 3.04. The molecule has 0 bridgehead atoms. The van der Waals surface area contributed by atoms with Gasteiger partial charge >= 0.3 is 5.97 Å². The highest BCUT2D eigenvalue weighted by atomic mass is 35.5. The Labute approximate surface area is 160 Å². The minimum Gasteiger partial charge on any atom is -0.495 e. The van der Waals surface area contributed by atoms with Crippen LogP contribution in [-0.4, -0.2) is 19.0 Å². The van der Waals surface area contributed by atoms with Crippen molar-refractivity contribution in [3.63, 3.8) is 0 Å². The SMILES string of the molecule is COc1ccc(NC(=O)[C@@H](OC(=O)c2ccco2)c2ccccc2)cc1Cl. The van der Waals surface area contributed by atoms with Crippen LogP contribution >= 0.6 is 11.6 Å². The average Bonchev–Trinajstić information content (AvgIpc) is 3.21. The minimum absolute atomic E-state index is 0.0104. The molecule has 0 spiro atoms. The molecule has 6 nitrogen and oxygen atoms in total. The molecular weight excluding hydrogens is 370 g/mol. The molecule has 27 heavy (non-hydrogen) atoms. The van der Waals surface area contributed by atoms with Gasteiger partial charge in [0.25, 0.3) is 5.91 Å². The van der Waals surface area contributed by atoms with E-state index in [9.17, 15) is 9.59 Å². The Morgan fingerprint density at radius 2 is 1.85 bits per heavy atom. The quantitative estimate of drug-likeness (QED) is 0.633. The third kappa shape index (κ3) is 4.48. The number of hydrogen-bond donors (Lipinski definition) is 1. The fourth-order valence-electron chi connectivity index (χ4n) is 2.41. The fraction of sp³-hybridized carbons (Fsp3) is 0.100. The molecule has 3 rings (SSSR count). The summed E-state index contributed by atoms with van der Waals surface area (Å²) >= 11 is 6.09.